The molecule has 1 aliphatic carbocycles. The lowest BCUT2D eigenvalue weighted by molar-refractivity contribution is 0.280. The van der Waals surface area contributed by atoms with Crippen LogP contribution in [-0.2, 0) is 6.61 Å². The number of aliphatic hydroxyl groups excluding tert-OH is 2. The van der Waals surface area contributed by atoms with Crippen LogP contribution in [0.1, 0.15) is 24.0 Å². The summed E-state index contributed by atoms with van der Waals surface area (Å²) in [6.45, 7) is 2.90. The van der Waals surface area contributed by atoms with Crippen molar-refractivity contribution in [2.45, 2.75) is 32.4 Å². The quantitative estimate of drug-likeness (QED) is 0.791. The topological polar surface area (TPSA) is 43.7 Å². The normalized spacial score (nSPS) is 15.2. The lowest BCUT2D eigenvalue weighted by Crippen LogP contribution is -2.29. The van der Waals surface area contributed by atoms with E-state index >= 15 is 0 Å². The molecule has 2 rings (SSSR count). The van der Waals surface area contributed by atoms with Crippen LogP contribution in [0.15, 0.2) is 18.2 Å². The SMILES string of the molecule is Cc1ccc(N(CCO)C2CC2)c(CO)c1. The molecule has 0 amide bonds. The molecule has 3 heteroatoms. The fourth-order valence-electron chi connectivity index (χ4n) is 2.11. The maximum atomic E-state index is 9.37. The summed E-state index contributed by atoms with van der Waals surface area (Å²) in [5, 5.41) is 18.5. The van der Waals surface area contributed by atoms with Crippen LogP contribution in [0, 0.1) is 6.92 Å². The first-order chi connectivity index (χ1) is 7.76. The molecule has 0 radical (unpaired) electrons. The summed E-state index contributed by atoms with van der Waals surface area (Å²) in [6, 6.07) is 6.68. The molecule has 0 spiro atoms. The molecule has 0 heterocycles. The van der Waals surface area contributed by atoms with Crippen molar-refractivity contribution in [2.24, 2.45) is 0 Å². The fraction of sp³-hybridized carbons (Fsp3) is 0.538. The van der Waals surface area contributed by atoms with E-state index in [1.54, 1.807) is 0 Å². The van der Waals surface area contributed by atoms with Crippen LogP contribution < -0.4 is 4.90 Å². The molecule has 88 valence electrons. The van der Waals surface area contributed by atoms with Gasteiger partial charge in [0.05, 0.1) is 13.2 Å². The highest BCUT2D eigenvalue weighted by atomic mass is 16.3. The number of anilines is 1. The van der Waals surface area contributed by atoms with E-state index in [0.717, 1.165) is 16.8 Å². The van der Waals surface area contributed by atoms with Crippen LogP contribution in [0.25, 0.3) is 0 Å². The second-order valence-electron chi connectivity index (χ2n) is 4.44. The van der Waals surface area contributed by atoms with E-state index in [1.165, 1.54) is 12.8 Å². The molecule has 0 aliphatic heterocycles. The van der Waals surface area contributed by atoms with E-state index in [1.807, 2.05) is 13.0 Å². The largest absolute Gasteiger partial charge is 0.395 e. The van der Waals surface area contributed by atoms with Gasteiger partial charge < -0.3 is 15.1 Å². The summed E-state index contributed by atoms with van der Waals surface area (Å²) in [5.74, 6) is 0. The highest BCUT2D eigenvalue weighted by Gasteiger charge is 2.29. The Morgan fingerprint density at radius 2 is 2.06 bits per heavy atom. The van der Waals surface area contributed by atoms with Gasteiger partial charge in [-0.25, -0.2) is 0 Å². The minimum atomic E-state index is 0.0612. The molecule has 0 saturated heterocycles. The Morgan fingerprint density at radius 1 is 1.31 bits per heavy atom. The highest BCUT2D eigenvalue weighted by molar-refractivity contribution is 5.56. The zero-order valence-corrected chi connectivity index (χ0v) is 9.69. The second-order valence-corrected chi connectivity index (χ2v) is 4.44. The average Bonchev–Trinajstić information content (AvgIpc) is 3.10. The molecule has 0 aromatic heterocycles. The molecule has 0 atom stereocenters. The molecule has 1 saturated carbocycles. The van der Waals surface area contributed by atoms with Crippen LogP contribution in [0.4, 0.5) is 5.69 Å². The molecule has 16 heavy (non-hydrogen) atoms. The summed E-state index contributed by atoms with van der Waals surface area (Å²) in [4.78, 5) is 2.21. The lowest BCUT2D eigenvalue weighted by atomic mass is 10.1. The van der Waals surface area contributed by atoms with Crippen molar-refractivity contribution in [1.82, 2.24) is 0 Å². The van der Waals surface area contributed by atoms with Crippen LogP contribution in [0.3, 0.4) is 0 Å². The zero-order chi connectivity index (χ0) is 11.5. The molecule has 0 unspecified atom stereocenters. The first-order valence-electron chi connectivity index (χ1n) is 5.84. The number of benzene rings is 1. The third-order valence-electron chi connectivity index (χ3n) is 3.04. The third-order valence-corrected chi connectivity index (χ3v) is 3.04. The van der Waals surface area contributed by atoms with Crippen LogP contribution in [0.2, 0.25) is 0 Å². The zero-order valence-electron chi connectivity index (χ0n) is 9.69. The molecule has 2 N–H and O–H groups in total. The van der Waals surface area contributed by atoms with Gasteiger partial charge in [-0.2, -0.15) is 0 Å². The Morgan fingerprint density at radius 3 is 2.62 bits per heavy atom. The van der Waals surface area contributed by atoms with Crippen LogP contribution in [0.5, 0.6) is 0 Å². The average molecular weight is 221 g/mol. The van der Waals surface area contributed by atoms with Crippen LogP contribution in [-0.4, -0.2) is 29.4 Å². The Balaban J connectivity index is 2.28. The third kappa shape index (κ3) is 2.36. The van der Waals surface area contributed by atoms with Gasteiger partial charge in [0.25, 0.3) is 0 Å². The number of nitrogens with zero attached hydrogens (tertiary/aromatic N) is 1. The van der Waals surface area contributed by atoms with Gasteiger partial charge in [-0.05, 0) is 25.8 Å². The summed E-state index contributed by atoms with van der Waals surface area (Å²) in [7, 11) is 0. The van der Waals surface area contributed by atoms with Crippen molar-refractivity contribution < 1.29 is 10.2 Å². The molecular formula is C13H19NO2. The fourth-order valence-corrected chi connectivity index (χ4v) is 2.11. The van der Waals surface area contributed by atoms with E-state index in [2.05, 4.69) is 17.0 Å². The predicted molar refractivity (Wildman–Crippen MR) is 64.6 cm³/mol. The molecule has 1 aromatic rings. The van der Waals surface area contributed by atoms with Gasteiger partial charge in [-0.15, -0.1) is 0 Å². The predicted octanol–water partition coefficient (Wildman–Crippen LogP) is 1.45. The summed E-state index contributed by atoms with van der Waals surface area (Å²) < 4.78 is 0. The number of hydrogen-bond donors (Lipinski definition) is 2. The molecule has 1 fully saturated rings. The monoisotopic (exact) mass is 221 g/mol. The van der Waals surface area contributed by atoms with E-state index in [0.29, 0.717) is 12.6 Å². The maximum Gasteiger partial charge on any atom is 0.0702 e. The van der Waals surface area contributed by atoms with Crippen LogP contribution >= 0.6 is 0 Å². The summed E-state index contributed by atoms with van der Waals surface area (Å²) in [6.07, 6.45) is 2.39. The number of hydrogen-bond acceptors (Lipinski definition) is 3. The van der Waals surface area contributed by atoms with Crippen molar-refractivity contribution in [3.8, 4) is 0 Å². The maximum absolute atomic E-state index is 9.37. The summed E-state index contributed by atoms with van der Waals surface area (Å²) in [5.41, 5.74) is 3.19. The van der Waals surface area contributed by atoms with Crippen molar-refractivity contribution in [3.63, 3.8) is 0 Å². The van der Waals surface area contributed by atoms with Gasteiger partial charge in [-0.1, -0.05) is 17.7 Å². The van der Waals surface area contributed by atoms with E-state index in [9.17, 15) is 5.11 Å². The Kier molecular flexibility index (Phi) is 3.46. The van der Waals surface area contributed by atoms with Gasteiger partial charge in [0.1, 0.15) is 0 Å². The molecule has 1 aliphatic rings. The minimum absolute atomic E-state index is 0.0612. The Hall–Kier alpha value is -1.06. The summed E-state index contributed by atoms with van der Waals surface area (Å²) >= 11 is 0. The van der Waals surface area contributed by atoms with Crippen molar-refractivity contribution in [2.75, 3.05) is 18.1 Å². The number of aliphatic hydroxyl groups is 2. The van der Waals surface area contributed by atoms with Gasteiger partial charge in [0.15, 0.2) is 0 Å². The minimum Gasteiger partial charge on any atom is -0.395 e. The molecule has 1 aromatic carbocycles. The van der Waals surface area contributed by atoms with Crippen molar-refractivity contribution in [1.29, 1.82) is 0 Å². The number of aryl methyl sites for hydroxylation is 1. The van der Waals surface area contributed by atoms with Gasteiger partial charge >= 0.3 is 0 Å². The molecule has 0 bridgehead atoms. The van der Waals surface area contributed by atoms with Crippen molar-refractivity contribution in [3.05, 3.63) is 29.3 Å². The Bertz CT molecular complexity index is 361. The van der Waals surface area contributed by atoms with E-state index in [4.69, 9.17) is 5.11 Å². The second kappa shape index (κ2) is 4.85. The van der Waals surface area contributed by atoms with Gasteiger partial charge in [-0.3, -0.25) is 0 Å². The highest BCUT2D eigenvalue weighted by Crippen LogP contribution is 2.33. The van der Waals surface area contributed by atoms with E-state index < -0.39 is 0 Å². The first kappa shape index (κ1) is 11.4. The smallest absolute Gasteiger partial charge is 0.0702 e. The number of rotatable bonds is 5. The first-order valence-corrected chi connectivity index (χ1v) is 5.84. The lowest BCUT2D eigenvalue weighted by Gasteiger charge is -2.26. The van der Waals surface area contributed by atoms with E-state index in [-0.39, 0.29) is 13.2 Å². The van der Waals surface area contributed by atoms with Crippen molar-refractivity contribution >= 4 is 5.69 Å². The molecular weight excluding hydrogens is 202 g/mol. The van der Waals surface area contributed by atoms with Gasteiger partial charge in [0.2, 0.25) is 0 Å². The Labute approximate surface area is 96.3 Å². The standard InChI is InChI=1S/C13H19NO2/c1-10-2-5-13(11(8-10)9-16)14(6-7-15)12-3-4-12/h2,5,8,12,15-16H,3-4,6-7,9H2,1H3. The molecule has 3 nitrogen and oxygen atoms in total. The van der Waals surface area contributed by atoms with Gasteiger partial charge in [0, 0.05) is 23.8 Å².